The van der Waals surface area contributed by atoms with Gasteiger partial charge in [0.15, 0.2) is 0 Å². The molecule has 0 heterocycles. The second-order valence-electron chi connectivity index (χ2n) is 4.08. The Labute approximate surface area is 74.5 Å². The lowest BCUT2D eigenvalue weighted by molar-refractivity contribution is -0.139. The SMILES string of the molecule is CC1(C)CC1C(=O)NCC(F)(F)F. The molecule has 1 rings (SSSR count). The molecule has 0 spiro atoms. The maximum atomic E-state index is 11.7. The van der Waals surface area contributed by atoms with E-state index in [1.165, 1.54) is 0 Å². The average Bonchev–Trinajstić information content (AvgIpc) is 2.53. The number of carbonyl (C=O) groups is 1. The van der Waals surface area contributed by atoms with Crippen molar-refractivity contribution in [1.82, 2.24) is 5.32 Å². The van der Waals surface area contributed by atoms with Gasteiger partial charge in [0, 0.05) is 5.92 Å². The number of halogens is 3. The van der Waals surface area contributed by atoms with Crippen molar-refractivity contribution in [3.05, 3.63) is 0 Å². The van der Waals surface area contributed by atoms with Crippen LogP contribution in [0.15, 0.2) is 0 Å². The Morgan fingerprint density at radius 1 is 1.54 bits per heavy atom. The lowest BCUT2D eigenvalue weighted by Gasteiger charge is -2.08. The van der Waals surface area contributed by atoms with Crippen LogP contribution in [0.3, 0.4) is 0 Å². The van der Waals surface area contributed by atoms with E-state index in [9.17, 15) is 18.0 Å². The lowest BCUT2D eigenvalue weighted by atomic mass is 10.1. The molecule has 0 saturated heterocycles. The summed E-state index contributed by atoms with van der Waals surface area (Å²) in [6.07, 6.45) is -3.63. The minimum Gasteiger partial charge on any atom is -0.347 e. The Hall–Kier alpha value is -0.740. The molecule has 2 nitrogen and oxygen atoms in total. The summed E-state index contributed by atoms with van der Waals surface area (Å²) in [4.78, 5) is 11.1. The smallest absolute Gasteiger partial charge is 0.347 e. The van der Waals surface area contributed by atoms with Gasteiger partial charge in [0.25, 0.3) is 0 Å². The summed E-state index contributed by atoms with van der Waals surface area (Å²) in [6, 6.07) is 0. The second-order valence-corrected chi connectivity index (χ2v) is 4.08. The van der Waals surface area contributed by atoms with Crippen LogP contribution in [0.4, 0.5) is 13.2 Å². The first-order valence-electron chi connectivity index (χ1n) is 4.07. The van der Waals surface area contributed by atoms with Crippen LogP contribution in [0, 0.1) is 11.3 Å². The third-order valence-electron chi connectivity index (χ3n) is 2.29. The zero-order valence-corrected chi connectivity index (χ0v) is 7.53. The average molecular weight is 195 g/mol. The van der Waals surface area contributed by atoms with Gasteiger partial charge in [-0.2, -0.15) is 13.2 Å². The van der Waals surface area contributed by atoms with Crippen LogP contribution < -0.4 is 5.32 Å². The number of nitrogens with one attached hydrogen (secondary N) is 1. The predicted molar refractivity (Wildman–Crippen MR) is 41.0 cm³/mol. The minimum absolute atomic E-state index is 0.115. The number of rotatable bonds is 2. The molecule has 0 aromatic rings. The van der Waals surface area contributed by atoms with E-state index in [0.29, 0.717) is 6.42 Å². The molecule has 1 unspecified atom stereocenters. The van der Waals surface area contributed by atoms with Crippen molar-refractivity contribution >= 4 is 5.91 Å². The van der Waals surface area contributed by atoms with E-state index in [4.69, 9.17) is 0 Å². The van der Waals surface area contributed by atoms with Gasteiger partial charge < -0.3 is 5.32 Å². The fraction of sp³-hybridized carbons (Fsp3) is 0.875. The maximum Gasteiger partial charge on any atom is 0.405 e. The normalized spacial score (nSPS) is 25.5. The number of carbonyl (C=O) groups excluding carboxylic acids is 1. The van der Waals surface area contributed by atoms with Gasteiger partial charge in [-0.05, 0) is 11.8 Å². The van der Waals surface area contributed by atoms with Gasteiger partial charge in [-0.25, -0.2) is 0 Å². The molecule has 0 radical (unpaired) electrons. The summed E-state index contributed by atoms with van der Waals surface area (Å²) in [6.45, 7) is 2.51. The first-order valence-corrected chi connectivity index (χ1v) is 4.07. The van der Waals surface area contributed by atoms with Crippen LogP contribution in [0.1, 0.15) is 20.3 Å². The van der Waals surface area contributed by atoms with Crippen molar-refractivity contribution in [2.75, 3.05) is 6.54 Å². The summed E-state index contributed by atoms with van der Waals surface area (Å²) >= 11 is 0. The third kappa shape index (κ3) is 2.90. The summed E-state index contributed by atoms with van der Waals surface area (Å²) in [5.74, 6) is -0.725. The van der Waals surface area contributed by atoms with E-state index in [2.05, 4.69) is 0 Å². The Morgan fingerprint density at radius 2 is 2.00 bits per heavy atom. The highest BCUT2D eigenvalue weighted by Crippen LogP contribution is 2.51. The van der Waals surface area contributed by atoms with Crippen LogP contribution in [0.2, 0.25) is 0 Å². The van der Waals surface area contributed by atoms with Crippen molar-refractivity contribution in [3.63, 3.8) is 0 Å². The van der Waals surface area contributed by atoms with Crippen LogP contribution in [-0.2, 0) is 4.79 Å². The van der Waals surface area contributed by atoms with Gasteiger partial charge in [-0.15, -0.1) is 0 Å². The molecule has 0 bridgehead atoms. The van der Waals surface area contributed by atoms with E-state index in [-0.39, 0.29) is 11.3 Å². The molecule has 1 aliphatic carbocycles. The molecule has 1 saturated carbocycles. The van der Waals surface area contributed by atoms with Gasteiger partial charge in [-0.3, -0.25) is 4.79 Å². The highest BCUT2D eigenvalue weighted by atomic mass is 19.4. The molecule has 1 aliphatic rings. The Morgan fingerprint density at radius 3 is 2.31 bits per heavy atom. The topological polar surface area (TPSA) is 29.1 Å². The van der Waals surface area contributed by atoms with Crippen LogP contribution in [0.5, 0.6) is 0 Å². The predicted octanol–water partition coefficient (Wildman–Crippen LogP) is 1.71. The molecule has 0 aromatic carbocycles. The fourth-order valence-electron chi connectivity index (χ4n) is 1.23. The summed E-state index contributed by atoms with van der Waals surface area (Å²) in [5.41, 5.74) is -0.115. The first kappa shape index (κ1) is 10.3. The minimum atomic E-state index is -4.31. The first-order chi connectivity index (χ1) is 5.72. The van der Waals surface area contributed by atoms with Crippen molar-refractivity contribution < 1.29 is 18.0 Å². The van der Waals surface area contributed by atoms with Crippen molar-refractivity contribution in [3.8, 4) is 0 Å². The molecular weight excluding hydrogens is 183 g/mol. The van der Waals surface area contributed by atoms with Crippen LogP contribution in [-0.4, -0.2) is 18.6 Å². The third-order valence-corrected chi connectivity index (χ3v) is 2.29. The zero-order chi connectivity index (χ0) is 10.3. The van der Waals surface area contributed by atoms with E-state index in [1.807, 2.05) is 19.2 Å². The summed E-state index contributed by atoms with van der Waals surface area (Å²) < 4.78 is 35.0. The zero-order valence-electron chi connectivity index (χ0n) is 7.53. The molecule has 13 heavy (non-hydrogen) atoms. The highest BCUT2D eigenvalue weighted by Gasteiger charge is 2.50. The van der Waals surface area contributed by atoms with Gasteiger partial charge in [-0.1, -0.05) is 13.8 Å². The van der Waals surface area contributed by atoms with E-state index in [1.54, 1.807) is 0 Å². The lowest BCUT2D eigenvalue weighted by Crippen LogP contribution is -2.35. The fourth-order valence-corrected chi connectivity index (χ4v) is 1.23. The molecule has 1 fully saturated rings. The largest absolute Gasteiger partial charge is 0.405 e. The van der Waals surface area contributed by atoms with Crippen molar-refractivity contribution in [1.29, 1.82) is 0 Å². The maximum absolute atomic E-state index is 11.7. The van der Waals surface area contributed by atoms with E-state index in [0.717, 1.165) is 0 Å². The van der Waals surface area contributed by atoms with Crippen LogP contribution in [0.25, 0.3) is 0 Å². The standard InChI is InChI=1S/C8H12F3NO/c1-7(2)3-5(7)6(13)12-4-8(9,10)11/h5H,3-4H2,1-2H3,(H,12,13). The molecule has 1 atom stereocenters. The van der Waals surface area contributed by atoms with Gasteiger partial charge in [0.1, 0.15) is 6.54 Å². The molecule has 76 valence electrons. The van der Waals surface area contributed by atoms with Crippen molar-refractivity contribution in [2.24, 2.45) is 11.3 Å². The summed E-state index contributed by atoms with van der Waals surface area (Å²) in [7, 11) is 0. The Kier molecular flexibility index (Phi) is 2.30. The second kappa shape index (κ2) is 2.89. The van der Waals surface area contributed by atoms with Gasteiger partial charge in [0.2, 0.25) is 5.91 Å². The molecule has 1 N–H and O–H groups in total. The van der Waals surface area contributed by atoms with Gasteiger partial charge in [0.05, 0.1) is 0 Å². The molecule has 1 amide bonds. The monoisotopic (exact) mass is 195 g/mol. The quantitative estimate of drug-likeness (QED) is 0.714. The number of hydrogen-bond donors (Lipinski definition) is 1. The van der Waals surface area contributed by atoms with E-state index < -0.39 is 18.6 Å². The number of amides is 1. The van der Waals surface area contributed by atoms with Crippen molar-refractivity contribution in [2.45, 2.75) is 26.4 Å². The number of hydrogen-bond acceptors (Lipinski definition) is 1. The molecule has 0 aromatic heterocycles. The molecule has 5 heteroatoms. The molecule has 0 aliphatic heterocycles. The van der Waals surface area contributed by atoms with E-state index >= 15 is 0 Å². The number of alkyl halides is 3. The Bertz CT molecular complexity index is 222. The molecular formula is C8H12F3NO. The Balaban J connectivity index is 2.29. The summed E-state index contributed by atoms with van der Waals surface area (Å²) in [5, 5.41) is 1.88. The van der Waals surface area contributed by atoms with Gasteiger partial charge >= 0.3 is 6.18 Å². The van der Waals surface area contributed by atoms with Crippen LogP contribution >= 0.6 is 0 Å². The highest BCUT2D eigenvalue weighted by molar-refractivity contribution is 5.82.